The van der Waals surface area contributed by atoms with Gasteiger partial charge < -0.3 is 15.2 Å². The smallest absolute Gasteiger partial charge is 0.270 e. The van der Waals surface area contributed by atoms with Gasteiger partial charge in [0.25, 0.3) is 5.91 Å². The minimum Gasteiger partial charge on any atom is -0.385 e. The molecule has 2 atom stereocenters. The molecule has 2 unspecified atom stereocenters. The third-order valence-corrected chi connectivity index (χ3v) is 3.84. The third-order valence-electron chi connectivity index (χ3n) is 3.07. The lowest BCUT2D eigenvalue weighted by Crippen LogP contribution is -2.47. The first-order chi connectivity index (χ1) is 8.01. The maximum atomic E-state index is 11.7. The molecule has 1 aliphatic heterocycles. The third kappa shape index (κ3) is 2.65. The number of hydrogen-bond donors (Lipinski definition) is 2. The molecular weight excluding hydrogens is 240 g/mol. The van der Waals surface area contributed by atoms with E-state index in [2.05, 4.69) is 10.3 Å². The van der Waals surface area contributed by atoms with Gasteiger partial charge in [-0.2, -0.15) is 0 Å². The monoisotopic (exact) mass is 256 g/mol. The van der Waals surface area contributed by atoms with E-state index in [1.165, 1.54) is 11.3 Å². The van der Waals surface area contributed by atoms with Crippen molar-refractivity contribution in [3.63, 3.8) is 0 Å². The first-order valence-corrected chi connectivity index (χ1v) is 6.43. The van der Waals surface area contributed by atoms with Crippen LogP contribution >= 0.6 is 11.3 Å². The van der Waals surface area contributed by atoms with Gasteiger partial charge in [0.1, 0.15) is 11.3 Å². The Morgan fingerprint density at radius 1 is 1.82 bits per heavy atom. The van der Waals surface area contributed by atoms with Gasteiger partial charge in [0.2, 0.25) is 0 Å². The largest absolute Gasteiger partial charge is 0.385 e. The number of rotatable bonds is 3. The van der Waals surface area contributed by atoms with Crippen molar-refractivity contribution < 1.29 is 14.6 Å². The predicted molar refractivity (Wildman–Crippen MR) is 64.2 cm³/mol. The highest BCUT2D eigenvalue weighted by Gasteiger charge is 2.39. The molecule has 1 amide bonds. The molecule has 2 heterocycles. The van der Waals surface area contributed by atoms with E-state index in [0.29, 0.717) is 18.7 Å². The summed E-state index contributed by atoms with van der Waals surface area (Å²) in [6.07, 6.45) is 0.296. The number of thiazole rings is 1. The molecule has 0 saturated carbocycles. The van der Waals surface area contributed by atoms with Crippen LogP contribution in [-0.2, 0) is 4.74 Å². The molecule has 1 aliphatic rings. The van der Waals surface area contributed by atoms with Crippen molar-refractivity contribution in [3.8, 4) is 0 Å². The number of hydrogen-bond acceptors (Lipinski definition) is 5. The predicted octanol–water partition coefficient (Wildman–Crippen LogP) is 0.721. The maximum Gasteiger partial charge on any atom is 0.270 e. The lowest BCUT2D eigenvalue weighted by molar-refractivity contribution is -0.0251. The van der Waals surface area contributed by atoms with E-state index >= 15 is 0 Å². The van der Waals surface area contributed by atoms with Gasteiger partial charge in [-0.25, -0.2) is 4.98 Å². The van der Waals surface area contributed by atoms with Crippen LogP contribution in [-0.4, -0.2) is 40.9 Å². The number of aromatic nitrogens is 1. The molecule has 17 heavy (non-hydrogen) atoms. The number of carbonyl (C=O) groups is 1. The molecule has 2 rings (SSSR count). The molecule has 0 aliphatic carbocycles. The minimum atomic E-state index is -0.958. The Morgan fingerprint density at radius 2 is 2.59 bits per heavy atom. The molecule has 1 fully saturated rings. The Labute approximate surface area is 104 Å². The van der Waals surface area contributed by atoms with Gasteiger partial charge in [-0.15, -0.1) is 11.3 Å². The molecule has 1 aromatic rings. The summed E-state index contributed by atoms with van der Waals surface area (Å²) in [5.41, 5.74) is -0.552. The Hall–Kier alpha value is -0.980. The highest BCUT2D eigenvalue weighted by atomic mass is 32.1. The molecule has 1 aromatic heterocycles. The van der Waals surface area contributed by atoms with Crippen LogP contribution in [0, 0.1) is 6.92 Å². The van der Waals surface area contributed by atoms with Crippen molar-refractivity contribution in [2.24, 2.45) is 0 Å². The zero-order valence-electron chi connectivity index (χ0n) is 9.90. The summed E-state index contributed by atoms with van der Waals surface area (Å²) >= 11 is 1.43. The van der Waals surface area contributed by atoms with Gasteiger partial charge in [-0.05, 0) is 13.8 Å². The van der Waals surface area contributed by atoms with Crippen molar-refractivity contribution in [3.05, 3.63) is 16.1 Å². The van der Waals surface area contributed by atoms with Crippen molar-refractivity contribution in [2.45, 2.75) is 32.0 Å². The van der Waals surface area contributed by atoms with Crippen molar-refractivity contribution in [1.82, 2.24) is 10.3 Å². The number of ether oxygens (including phenoxy) is 1. The van der Waals surface area contributed by atoms with Crippen LogP contribution in [0.4, 0.5) is 0 Å². The summed E-state index contributed by atoms with van der Waals surface area (Å²) in [4.78, 5) is 15.8. The summed E-state index contributed by atoms with van der Waals surface area (Å²) in [5, 5.41) is 15.5. The second kappa shape index (κ2) is 4.72. The number of aliphatic hydroxyl groups is 1. The highest BCUT2D eigenvalue weighted by Crippen LogP contribution is 2.24. The van der Waals surface area contributed by atoms with E-state index in [9.17, 15) is 9.90 Å². The van der Waals surface area contributed by atoms with Crippen LogP contribution in [0.25, 0.3) is 0 Å². The summed E-state index contributed by atoms with van der Waals surface area (Å²) < 4.78 is 5.30. The van der Waals surface area contributed by atoms with Gasteiger partial charge in [0.05, 0.1) is 11.1 Å². The fourth-order valence-corrected chi connectivity index (χ4v) is 2.39. The van der Waals surface area contributed by atoms with Crippen LogP contribution in [0.1, 0.15) is 28.8 Å². The normalized spacial score (nSPS) is 28.3. The standard InChI is InChI=1S/C11H16N2O3S/c1-7-11(15,3-4-16-7)6-12-10(14)9-5-17-8(2)13-9/h5,7,15H,3-4,6H2,1-2H3,(H,12,14). The SMILES string of the molecule is Cc1nc(C(=O)NCC2(O)CCOC2C)cs1. The molecule has 0 bridgehead atoms. The molecule has 1 saturated heterocycles. The second-order valence-electron chi connectivity index (χ2n) is 4.30. The first kappa shape index (κ1) is 12.5. The van der Waals surface area contributed by atoms with Crippen LogP contribution in [0.15, 0.2) is 5.38 Å². The van der Waals surface area contributed by atoms with Crippen LogP contribution in [0.3, 0.4) is 0 Å². The lowest BCUT2D eigenvalue weighted by Gasteiger charge is -2.25. The molecule has 5 nitrogen and oxygen atoms in total. The van der Waals surface area contributed by atoms with E-state index in [4.69, 9.17) is 4.74 Å². The summed E-state index contributed by atoms with van der Waals surface area (Å²) in [5.74, 6) is -0.248. The van der Waals surface area contributed by atoms with Crippen LogP contribution < -0.4 is 5.32 Å². The van der Waals surface area contributed by atoms with Crippen molar-refractivity contribution >= 4 is 17.2 Å². The number of nitrogens with one attached hydrogen (secondary N) is 1. The number of nitrogens with zero attached hydrogens (tertiary/aromatic N) is 1. The average Bonchev–Trinajstić information content (AvgIpc) is 2.84. The Balaban J connectivity index is 1.92. The Bertz CT molecular complexity index is 421. The fraction of sp³-hybridized carbons (Fsp3) is 0.636. The number of amides is 1. The van der Waals surface area contributed by atoms with E-state index in [-0.39, 0.29) is 18.6 Å². The van der Waals surface area contributed by atoms with E-state index < -0.39 is 5.60 Å². The van der Waals surface area contributed by atoms with Gasteiger partial charge in [-0.1, -0.05) is 0 Å². The Kier molecular flexibility index (Phi) is 3.46. The van der Waals surface area contributed by atoms with E-state index in [0.717, 1.165) is 5.01 Å². The van der Waals surface area contributed by atoms with Gasteiger partial charge in [0, 0.05) is 25.0 Å². The quantitative estimate of drug-likeness (QED) is 0.836. The van der Waals surface area contributed by atoms with E-state index in [1.54, 1.807) is 5.38 Å². The molecule has 0 spiro atoms. The molecule has 0 radical (unpaired) electrons. The van der Waals surface area contributed by atoms with Crippen molar-refractivity contribution in [2.75, 3.05) is 13.2 Å². The van der Waals surface area contributed by atoms with Crippen LogP contribution in [0.2, 0.25) is 0 Å². The summed E-state index contributed by atoms with van der Waals surface area (Å²) in [6.45, 7) is 4.39. The van der Waals surface area contributed by atoms with Gasteiger partial charge >= 0.3 is 0 Å². The topological polar surface area (TPSA) is 71.5 Å². The molecular formula is C11H16N2O3S. The Morgan fingerprint density at radius 3 is 3.12 bits per heavy atom. The maximum absolute atomic E-state index is 11.7. The zero-order valence-corrected chi connectivity index (χ0v) is 10.7. The van der Waals surface area contributed by atoms with Gasteiger partial charge in [0.15, 0.2) is 0 Å². The minimum absolute atomic E-state index is 0.198. The summed E-state index contributed by atoms with van der Waals surface area (Å²) in [6, 6.07) is 0. The lowest BCUT2D eigenvalue weighted by atomic mass is 9.97. The first-order valence-electron chi connectivity index (χ1n) is 5.55. The number of aryl methyl sites for hydroxylation is 1. The molecule has 0 aromatic carbocycles. The number of carbonyl (C=O) groups excluding carboxylic acids is 1. The zero-order chi connectivity index (χ0) is 12.5. The molecule has 6 heteroatoms. The highest BCUT2D eigenvalue weighted by molar-refractivity contribution is 7.09. The fourth-order valence-electron chi connectivity index (χ4n) is 1.79. The molecule has 94 valence electrons. The average molecular weight is 256 g/mol. The molecule has 2 N–H and O–H groups in total. The van der Waals surface area contributed by atoms with Crippen LogP contribution in [0.5, 0.6) is 0 Å². The second-order valence-corrected chi connectivity index (χ2v) is 5.36. The summed E-state index contributed by atoms with van der Waals surface area (Å²) in [7, 11) is 0. The van der Waals surface area contributed by atoms with E-state index in [1.807, 2.05) is 13.8 Å². The van der Waals surface area contributed by atoms with Crippen molar-refractivity contribution in [1.29, 1.82) is 0 Å². The van der Waals surface area contributed by atoms with Gasteiger partial charge in [-0.3, -0.25) is 4.79 Å².